The number of hydrogen-bond acceptors (Lipinski definition) is 6. The van der Waals surface area contributed by atoms with Crippen molar-refractivity contribution >= 4 is 28.2 Å². The number of anilines is 1. The quantitative estimate of drug-likeness (QED) is 0.457. The van der Waals surface area contributed by atoms with Crippen molar-refractivity contribution in [2.24, 2.45) is 0 Å². The molecule has 2 aromatic carbocycles. The average Bonchev–Trinajstić information content (AvgIpc) is 3.29. The second kappa shape index (κ2) is 10.9. The maximum absolute atomic E-state index is 12.8. The summed E-state index contributed by atoms with van der Waals surface area (Å²) in [6, 6.07) is 12.7. The van der Waals surface area contributed by atoms with Gasteiger partial charge >= 0.3 is 0 Å². The predicted octanol–water partition coefficient (Wildman–Crippen LogP) is 5.08. The van der Waals surface area contributed by atoms with E-state index in [0.29, 0.717) is 39.3 Å². The van der Waals surface area contributed by atoms with E-state index >= 15 is 0 Å². The molecule has 0 aliphatic heterocycles. The Kier molecular flexibility index (Phi) is 7.95. The molecule has 0 spiro atoms. The summed E-state index contributed by atoms with van der Waals surface area (Å²) in [5.74, 6) is 1.34. The largest absolute Gasteiger partial charge is 0.493 e. The Morgan fingerprint density at radius 1 is 0.909 bits per heavy atom. The number of nitrogens with one attached hydrogen (secondary N) is 2. The van der Waals surface area contributed by atoms with Gasteiger partial charge in [-0.15, -0.1) is 11.3 Å². The van der Waals surface area contributed by atoms with Crippen LogP contribution in [0.4, 0.5) is 5.00 Å². The molecule has 0 fully saturated rings. The summed E-state index contributed by atoms with van der Waals surface area (Å²) in [5.41, 5.74) is 2.88. The topological polar surface area (TPSA) is 85.9 Å². The third kappa shape index (κ3) is 5.64. The van der Waals surface area contributed by atoms with Crippen LogP contribution in [-0.2, 0) is 6.54 Å². The number of hydrogen-bond donors (Lipinski definition) is 2. The molecule has 3 rings (SSSR count). The Hall–Kier alpha value is -3.52. The van der Waals surface area contributed by atoms with Gasteiger partial charge < -0.3 is 24.8 Å². The van der Waals surface area contributed by atoms with Gasteiger partial charge in [-0.25, -0.2) is 0 Å². The molecule has 0 aliphatic carbocycles. The molecule has 0 bridgehead atoms. The first kappa shape index (κ1) is 24.1. The number of benzene rings is 2. The van der Waals surface area contributed by atoms with Crippen LogP contribution in [0.25, 0.3) is 0 Å². The van der Waals surface area contributed by atoms with Crippen LogP contribution >= 0.6 is 11.3 Å². The van der Waals surface area contributed by atoms with Crippen LogP contribution in [0, 0.1) is 0 Å². The summed E-state index contributed by atoms with van der Waals surface area (Å²) >= 11 is 1.30. The molecule has 2 N–H and O–H groups in total. The smallest absolute Gasteiger partial charge is 0.256 e. The van der Waals surface area contributed by atoms with E-state index in [1.165, 1.54) is 32.7 Å². The lowest BCUT2D eigenvalue weighted by Gasteiger charge is -2.14. The zero-order valence-electron chi connectivity index (χ0n) is 19.4. The van der Waals surface area contributed by atoms with Crippen molar-refractivity contribution in [1.82, 2.24) is 5.32 Å². The first-order valence-electron chi connectivity index (χ1n) is 10.4. The van der Waals surface area contributed by atoms with E-state index in [0.717, 1.165) is 11.1 Å². The molecule has 2 amide bonds. The number of rotatable bonds is 9. The van der Waals surface area contributed by atoms with Gasteiger partial charge in [0.1, 0.15) is 5.00 Å². The monoisotopic (exact) mass is 468 g/mol. The molecule has 3 aromatic rings. The summed E-state index contributed by atoms with van der Waals surface area (Å²) in [6.45, 7) is 4.45. The van der Waals surface area contributed by atoms with Crippen molar-refractivity contribution in [3.63, 3.8) is 0 Å². The fraction of sp³-hybridized carbons (Fsp3) is 0.280. The zero-order valence-corrected chi connectivity index (χ0v) is 20.2. The summed E-state index contributed by atoms with van der Waals surface area (Å²) in [6.07, 6.45) is 0. The molecule has 33 heavy (non-hydrogen) atoms. The normalized spacial score (nSPS) is 10.6. The Morgan fingerprint density at radius 3 is 2.09 bits per heavy atom. The number of amides is 2. The Bertz CT molecular complexity index is 1100. The lowest BCUT2D eigenvalue weighted by atomic mass is 10.0. The maximum Gasteiger partial charge on any atom is 0.256 e. The van der Waals surface area contributed by atoms with Gasteiger partial charge in [-0.2, -0.15) is 0 Å². The molecular weight excluding hydrogens is 440 g/mol. The molecule has 1 heterocycles. The van der Waals surface area contributed by atoms with E-state index in [2.05, 4.69) is 24.5 Å². The Balaban J connectivity index is 1.69. The van der Waals surface area contributed by atoms with Crippen LogP contribution in [0.15, 0.2) is 47.8 Å². The van der Waals surface area contributed by atoms with Crippen LogP contribution < -0.4 is 24.8 Å². The molecule has 0 radical (unpaired) electrons. The third-order valence-corrected chi connectivity index (χ3v) is 5.98. The maximum atomic E-state index is 12.8. The number of carbonyl (C=O) groups excluding carboxylic acids is 2. The molecule has 0 atom stereocenters. The Labute approximate surface area is 197 Å². The molecule has 1 aromatic heterocycles. The van der Waals surface area contributed by atoms with Crippen molar-refractivity contribution < 1.29 is 23.8 Å². The van der Waals surface area contributed by atoms with Crippen molar-refractivity contribution in [2.75, 3.05) is 26.6 Å². The summed E-state index contributed by atoms with van der Waals surface area (Å²) in [4.78, 5) is 25.5. The molecular formula is C25H28N2O5S. The molecule has 0 unspecified atom stereocenters. The number of ether oxygens (including phenoxy) is 3. The highest BCUT2D eigenvalue weighted by atomic mass is 32.1. The molecule has 0 saturated heterocycles. The van der Waals surface area contributed by atoms with E-state index in [4.69, 9.17) is 14.2 Å². The summed E-state index contributed by atoms with van der Waals surface area (Å²) in [5, 5.41) is 7.99. The second-order valence-electron chi connectivity index (χ2n) is 7.61. The highest BCUT2D eigenvalue weighted by molar-refractivity contribution is 7.14. The van der Waals surface area contributed by atoms with Crippen LogP contribution in [-0.4, -0.2) is 33.1 Å². The zero-order chi connectivity index (χ0) is 24.0. The third-order valence-electron chi connectivity index (χ3n) is 5.15. The van der Waals surface area contributed by atoms with E-state index in [1.54, 1.807) is 35.7 Å². The Morgan fingerprint density at radius 2 is 1.55 bits per heavy atom. The van der Waals surface area contributed by atoms with E-state index in [-0.39, 0.29) is 18.4 Å². The van der Waals surface area contributed by atoms with Gasteiger partial charge in [0.25, 0.3) is 11.8 Å². The van der Waals surface area contributed by atoms with Gasteiger partial charge in [0.05, 0.1) is 26.9 Å². The van der Waals surface area contributed by atoms with Gasteiger partial charge in [0.2, 0.25) is 5.75 Å². The van der Waals surface area contributed by atoms with Gasteiger partial charge in [-0.05, 0) is 52.8 Å². The molecule has 174 valence electrons. The van der Waals surface area contributed by atoms with Crippen molar-refractivity contribution in [2.45, 2.75) is 26.3 Å². The lowest BCUT2D eigenvalue weighted by molar-refractivity contribution is 0.0952. The number of thiophene rings is 1. The second-order valence-corrected chi connectivity index (χ2v) is 8.53. The molecule has 8 heteroatoms. The van der Waals surface area contributed by atoms with E-state index in [9.17, 15) is 9.59 Å². The van der Waals surface area contributed by atoms with Gasteiger partial charge in [0.15, 0.2) is 11.5 Å². The van der Waals surface area contributed by atoms with Crippen LogP contribution in [0.5, 0.6) is 17.2 Å². The molecule has 0 aliphatic rings. The van der Waals surface area contributed by atoms with E-state index < -0.39 is 0 Å². The van der Waals surface area contributed by atoms with Gasteiger partial charge in [-0.3, -0.25) is 9.59 Å². The molecule has 7 nitrogen and oxygen atoms in total. The standard InChI is InChI=1S/C25H28N2O5S/c1-15(2)17-6-8-18(9-7-17)23(28)27-25-19(10-11-33-25)24(29)26-14-16-12-20(30-3)22(32-5)21(13-16)31-4/h6-13,15H,14H2,1-5H3,(H,26,29)(H,27,28). The van der Waals surface area contributed by atoms with Crippen molar-refractivity contribution in [1.29, 1.82) is 0 Å². The lowest BCUT2D eigenvalue weighted by Crippen LogP contribution is -2.24. The predicted molar refractivity (Wildman–Crippen MR) is 130 cm³/mol. The van der Waals surface area contributed by atoms with Gasteiger partial charge in [0, 0.05) is 12.1 Å². The van der Waals surface area contributed by atoms with Crippen molar-refractivity contribution in [3.05, 3.63) is 70.1 Å². The average molecular weight is 469 g/mol. The highest BCUT2D eigenvalue weighted by Crippen LogP contribution is 2.38. The minimum atomic E-state index is -0.296. The first-order valence-corrected chi connectivity index (χ1v) is 11.3. The van der Waals surface area contributed by atoms with Crippen molar-refractivity contribution in [3.8, 4) is 17.2 Å². The van der Waals surface area contributed by atoms with Crippen LogP contribution in [0.2, 0.25) is 0 Å². The minimum absolute atomic E-state index is 0.245. The SMILES string of the molecule is COc1cc(CNC(=O)c2ccsc2NC(=O)c2ccc(C(C)C)cc2)cc(OC)c1OC. The molecule has 0 saturated carbocycles. The van der Waals surface area contributed by atoms with Gasteiger partial charge in [-0.1, -0.05) is 26.0 Å². The summed E-state index contributed by atoms with van der Waals surface area (Å²) < 4.78 is 16.0. The highest BCUT2D eigenvalue weighted by Gasteiger charge is 2.18. The van der Waals surface area contributed by atoms with E-state index in [1.807, 2.05) is 12.1 Å². The number of methoxy groups -OCH3 is 3. The number of carbonyl (C=O) groups is 2. The fourth-order valence-electron chi connectivity index (χ4n) is 3.29. The van der Waals surface area contributed by atoms with Crippen LogP contribution in [0.3, 0.4) is 0 Å². The summed E-state index contributed by atoms with van der Waals surface area (Å²) in [7, 11) is 4.61. The minimum Gasteiger partial charge on any atom is -0.493 e. The van der Waals surface area contributed by atoms with Crippen LogP contribution in [0.1, 0.15) is 51.6 Å². The first-order chi connectivity index (χ1) is 15.9. The fourth-order valence-corrected chi connectivity index (χ4v) is 4.07.